The zero-order chi connectivity index (χ0) is 19.8. The topological polar surface area (TPSA) is 55.1 Å². The number of rotatable bonds is 5. The fourth-order valence-corrected chi connectivity index (χ4v) is 5.38. The number of anilines is 1. The van der Waals surface area contributed by atoms with Crippen LogP contribution in [0, 0.1) is 0 Å². The molecule has 5 nitrogen and oxygen atoms in total. The van der Waals surface area contributed by atoms with E-state index >= 15 is 0 Å². The van der Waals surface area contributed by atoms with Gasteiger partial charge in [-0.15, -0.1) is 11.3 Å². The molecule has 2 N–H and O–H groups in total. The molecule has 1 aromatic carbocycles. The molecule has 3 aromatic heterocycles. The molecule has 0 bridgehead atoms. The summed E-state index contributed by atoms with van der Waals surface area (Å²) in [5, 5.41) is 4.77. The van der Waals surface area contributed by atoms with Gasteiger partial charge >= 0.3 is 0 Å². The van der Waals surface area contributed by atoms with Crippen molar-refractivity contribution in [1.82, 2.24) is 15.0 Å². The Morgan fingerprint density at radius 2 is 1.83 bits per heavy atom. The maximum atomic E-state index is 5.16. The van der Waals surface area contributed by atoms with Crippen LogP contribution in [0.1, 0.15) is 24.0 Å². The Morgan fingerprint density at radius 1 is 1.03 bits per heavy atom. The van der Waals surface area contributed by atoms with Crippen molar-refractivity contribution in [3.05, 3.63) is 47.8 Å². The number of nitrogens with one attached hydrogen (secondary N) is 2. The quantitative estimate of drug-likeness (QED) is 0.536. The van der Waals surface area contributed by atoms with Crippen LogP contribution in [0.5, 0.6) is 0 Å². The maximum Gasteiger partial charge on any atom is 0.147 e. The van der Waals surface area contributed by atoms with Gasteiger partial charge in [0.25, 0.3) is 0 Å². The van der Waals surface area contributed by atoms with E-state index in [2.05, 4.69) is 54.7 Å². The average molecular weight is 405 g/mol. The van der Waals surface area contributed by atoms with Crippen LogP contribution in [0.3, 0.4) is 0 Å². The highest BCUT2D eigenvalue weighted by atomic mass is 32.1. The van der Waals surface area contributed by atoms with Crippen molar-refractivity contribution in [3.63, 3.8) is 0 Å². The maximum absolute atomic E-state index is 5.16. The lowest BCUT2D eigenvalue weighted by Gasteiger charge is -2.20. The van der Waals surface area contributed by atoms with Gasteiger partial charge in [-0.3, -0.25) is 0 Å². The van der Waals surface area contributed by atoms with Gasteiger partial charge in [-0.2, -0.15) is 0 Å². The number of fused-ring (bicyclic) bond motifs is 5. The number of nitrogens with zero attached hydrogens (tertiary/aromatic N) is 3. The normalized spacial score (nSPS) is 13.9. The van der Waals surface area contributed by atoms with Crippen LogP contribution < -0.4 is 10.2 Å². The van der Waals surface area contributed by atoms with E-state index in [4.69, 9.17) is 9.97 Å². The summed E-state index contributed by atoms with van der Waals surface area (Å²) in [6.45, 7) is 1.94. The molecule has 148 valence electrons. The predicted octanol–water partition coefficient (Wildman–Crippen LogP) is 3.34. The smallest absolute Gasteiger partial charge is 0.147 e. The highest BCUT2D eigenvalue weighted by Crippen LogP contribution is 2.42. The number of hydrogen-bond acceptors (Lipinski definition) is 5. The number of aryl methyl sites for hydroxylation is 1. The van der Waals surface area contributed by atoms with E-state index < -0.39 is 0 Å². The molecule has 5 rings (SSSR count). The molecule has 6 heteroatoms. The molecule has 0 aliphatic heterocycles. The van der Waals surface area contributed by atoms with Crippen molar-refractivity contribution in [3.8, 4) is 11.3 Å². The highest BCUT2D eigenvalue weighted by Gasteiger charge is 2.23. The van der Waals surface area contributed by atoms with Gasteiger partial charge in [0.1, 0.15) is 17.0 Å². The molecule has 0 radical (unpaired) electrons. The standard InChI is InChI=1S/C23H25N5S/c1-28(2)13-12-24-22-21-20(25-14-26-22)18-16-10-6-7-11-17(16)19(27-23(18)29-21)15-8-4-3-5-9-15/h3-5,8-9,14H,6-7,10-13H2,1-2H3,(H,24,25,26)/p+1. The zero-order valence-corrected chi connectivity index (χ0v) is 17.8. The molecule has 0 amide bonds. The van der Waals surface area contributed by atoms with E-state index in [-0.39, 0.29) is 0 Å². The van der Waals surface area contributed by atoms with Crippen LogP contribution >= 0.6 is 11.3 Å². The van der Waals surface area contributed by atoms with Crippen LogP contribution in [0.25, 0.3) is 31.7 Å². The Hall–Kier alpha value is -2.57. The fraction of sp³-hybridized carbons (Fsp3) is 0.348. The van der Waals surface area contributed by atoms with Gasteiger partial charge in [0.05, 0.1) is 43.1 Å². The monoisotopic (exact) mass is 404 g/mol. The molecular weight excluding hydrogens is 378 g/mol. The van der Waals surface area contributed by atoms with E-state index in [1.54, 1.807) is 17.7 Å². The molecule has 1 aliphatic carbocycles. The summed E-state index contributed by atoms with van der Waals surface area (Å²) in [6.07, 6.45) is 6.37. The van der Waals surface area contributed by atoms with Crippen molar-refractivity contribution in [2.24, 2.45) is 0 Å². The third kappa shape index (κ3) is 3.36. The first-order valence-corrected chi connectivity index (χ1v) is 11.2. The summed E-state index contributed by atoms with van der Waals surface area (Å²) >= 11 is 1.72. The van der Waals surface area contributed by atoms with E-state index in [1.165, 1.54) is 39.8 Å². The second kappa shape index (κ2) is 7.69. The van der Waals surface area contributed by atoms with Crippen molar-refractivity contribution >= 4 is 37.6 Å². The minimum absolute atomic E-state index is 0.892. The number of likely N-dealkylation sites (N-methyl/N-ethyl adjacent to an activating group) is 1. The Bertz CT molecular complexity index is 1170. The molecule has 0 atom stereocenters. The molecule has 0 fully saturated rings. The largest absolute Gasteiger partial charge is 0.363 e. The summed E-state index contributed by atoms with van der Waals surface area (Å²) in [7, 11) is 4.33. The number of pyridine rings is 1. The van der Waals surface area contributed by atoms with E-state index in [9.17, 15) is 0 Å². The zero-order valence-electron chi connectivity index (χ0n) is 17.0. The van der Waals surface area contributed by atoms with Crippen LogP contribution in [0.4, 0.5) is 5.82 Å². The van der Waals surface area contributed by atoms with Gasteiger partial charge in [-0.25, -0.2) is 15.0 Å². The molecule has 1 aliphatic rings. The van der Waals surface area contributed by atoms with Crippen molar-refractivity contribution in [2.45, 2.75) is 25.7 Å². The molecule has 4 aromatic rings. The minimum atomic E-state index is 0.892. The van der Waals surface area contributed by atoms with Crippen molar-refractivity contribution in [1.29, 1.82) is 0 Å². The SMILES string of the molecule is C[NH+](C)CCNc1ncnc2c1sc1nc(-c3ccccc3)c3c(c12)CCCC3. The van der Waals surface area contributed by atoms with Gasteiger partial charge in [0.15, 0.2) is 0 Å². The molecule has 0 unspecified atom stereocenters. The molecule has 3 heterocycles. The first-order chi connectivity index (χ1) is 14.2. The van der Waals surface area contributed by atoms with Crippen molar-refractivity contribution < 1.29 is 4.90 Å². The summed E-state index contributed by atoms with van der Waals surface area (Å²) in [5.74, 6) is 0.935. The molecule has 0 saturated heterocycles. The van der Waals surface area contributed by atoms with E-state index in [1.807, 2.05) is 0 Å². The number of quaternary nitrogens is 1. The lowest BCUT2D eigenvalue weighted by atomic mass is 9.87. The van der Waals surface area contributed by atoms with Crippen LogP contribution in [0.2, 0.25) is 0 Å². The third-order valence-electron chi connectivity index (χ3n) is 5.69. The van der Waals surface area contributed by atoms with Gasteiger partial charge in [-0.05, 0) is 36.8 Å². The lowest BCUT2D eigenvalue weighted by Crippen LogP contribution is -3.06. The van der Waals surface area contributed by atoms with Crippen LogP contribution in [0.15, 0.2) is 36.7 Å². The highest BCUT2D eigenvalue weighted by molar-refractivity contribution is 7.26. The Labute approximate surface area is 174 Å². The van der Waals surface area contributed by atoms with Gasteiger partial charge in [0.2, 0.25) is 0 Å². The van der Waals surface area contributed by atoms with E-state index in [0.29, 0.717) is 0 Å². The number of aromatic nitrogens is 3. The van der Waals surface area contributed by atoms with Crippen LogP contribution in [-0.2, 0) is 12.8 Å². The van der Waals surface area contributed by atoms with Gasteiger partial charge in [0, 0.05) is 10.9 Å². The molecule has 0 spiro atoms. The first-order valence-electron chi connectivity index (χ1n) is 10.4. The second-order valence-corrected chi connectivity index (χ2v) is 9.06. The summed E-state index contributed by atoms with van der Waals surface area (Å²) in [5.41, 5.74) is 6.29. The van der Waals surface area contributed by atoms with Gasteiger partial charge in [-0.1, -0.05) is 30.3 Å². The Balaban J connectivity index is 1.70. The number of benzene rings is 1. The summed E-state index contributed by atoms with van der Waals surface area (Å²) < 4.78 is 1.13. The Morgan fingerprint density at radius 3 is 2.62 bits per heavy atom. The lowest BCUT2D eigenvalue weighted by molar-refractivity contribution is -0.856. The van der Waals surface area contributed by atoms with E-state index in [0.717, 1.165) is 52.5 Å². The minimum Gasteiger partial charge on any atom is -0.363 e. The molecule has 29 heavy (non-hydrogen) atoms. The summed E-state index contributed by atoms with van der Waals surface area (Å²) in [4.78, 5) is 16.9. The third-order valence-corrected chi connectivity index (χ3v) is 6.77. The molecular formula is C23H26N5S+. The molecule has 0 saturated carbocycles. The van der Waals surface area contributed by atoms with Gasteiger partial charge < -0.3 is 10.2 Å². The van der Waals surface area contributed by atoms with Crippen LogP contribution in [-0.4, -0.2) is 42.1 Å². The predicted molar refractivity (Wildman–Crippen MR) is 121 cm³/mol. The first kappa shape index (κ1) is 18.5. The van der Waals surface area contributed by atoms with Crippen molar-refractivity contribution in [2.75, 3.05) is 32.5 Å². The Kier molecular flexibility index (Phi) is 4.89. The summed E-state index contributed by atoms with van der Waals surface area (Å²) in [6, 6.07) is 10.6. The number of thiophene rings is 1. The second-order valence-electron chi connectivity index (χ2n) is 8.06. The fourth-order valence-electron chi connectivity index (χ4n) is 4.25. The number of hydrogen-bond donors (Lipinski definition) is 2. The average Bonchev–Trinajstić information content (AvgIpc) is 3.13.